The molecule has 1 saturated heterocycles. The number of carbonyl (C=O) groups excluding carboxylic acids is 1. The number of hydrogen-bond donors (Lipinski definition) is 0. The molecule has 5 heteroatoms. The Bertz CT molecular complexity index is 474. The molecule has 1 amide bonds. The maximum atomic E-state index is 12.6. The van der Waals surface area contributed by atoms with E-state index in [-0.39, 0.29) is 6.04 Å². The molecule has 0 unspecified atom stereocenters. The van der Waals surface area contributed by atoms with Crippen molar-refractivity contribution in [2.24, 2.45) is 5.92 Å². The Morgan fingerprint density at radius 2 is 2.18 bits per heavy atom. The first-order chi connectivity index (χ1) is 10.8. The summed E-state index contributed by atoms with van der Waals surface area (Å²) in [6.45, 7) is 2.05. The predicted octanol–water partition coefficient (Wildman–Crippen LogP) is 2.22. The lowest BCUT2D eigenvalue weighted by molar-refractivity contribution is -0.141. The molecule has 1 saturated carbocycles. The Labute approximate surface area is 132 Å². The quantitative estimate of drug-likeness (QED) is 0.837. The molecule has 0 bridgehead atoms. The van der Waals surface area contributed by atoms with Crippen molar-refractivity contribution in [2.75, 3.05) is 19.8 Å². The fourth-order valence-electron chi connectivity index (χ4n) is 3.57. The number of aryl methyl sites for hydroxylation is 1. The monoisotopic (exact) mass is 303 g/mol. The van der Waals surface area contributed by atoms with Crippen molar-refractivity contribution in [2.45, 2.75) is 51.0 Å². The van der Waals surface area contributed by atoms with Crippen molar-refractivity contribution in [3.05, 3.63) is 24.3 Å². The van der Waals surface area contributed by atoms with Crippen LogP contribution in [0.2, 0.25) is 0 Å². The van der Waals surface area contributed by atoms with Crippen LogP contribution in [0.4, 0.5) is 0 Å². The van der Waals surface area contributed by atoms with Gasteiger partial charge in [0.2, 0.25) is 5.91 Å². The second-order valence-corrected chi connectivity index (χ2v) is 6.41. The minimum atomic E-state index is 0.185. The molecule has 1 atom stereocenters. The number of carbonyl (C=O) groups is 1. The van der Waals surface area contributed by atoms with E-state index in [1.165, 1.54) is 25.7 Å². The average Bonchev–Trinajstić information content (AvgIpc) is 3.07. The van der Waals surface area contributed by atoms with Gasteiger partial charge in [-0.15, -0.1) is 0 Å². The van der Waals surface area contributed by atoms with Crippen molar-refractivity contribution in [1.29, 1.82) is 0 Å². The van der Waals surface area contributed by atoms with Crippen molar-refractivity contribution in [1.82, 2.24) is 14.9 Å². The van der Waals surface area contributed by atoms with Gasteiger partial charge in [-0.05, 0) is 31.6 Å². The first-order valence-electron chi connectivity index (χ1n) is 8.45. The zero-order valence-corrected chi connectivity index (χ0v) is 13.1. The molecule has 2 heterocycles. The topological polar surface area (TPSA) is 55.3 Å². The molecule has 0 aromatic carbocycles. The number of morpholine rings is 1. The van der Waals surface area contributed by atoms with Crippen molar-refractivity contribution in [3.8, 4) is 0 Å². The Morgan fingerprint density at radius 1 is 1.32 bits per heavy atom. The SMILES string of the molecule is O=C(CC1CCCC1)N1CCOC[C@H]1CCc1cnccn1. The Morgan fingerprint density at radius 3 is 2.95 bits per heavy atom. The number of aromatic nitrogens is 2. The summed E-state index contributed by atoms with van der Waals surface area (Å²) >= 11 is 0. The summed E-state index contributed by atoms with van der Waals surface area (Å²) in [6, 6.07) is 0.185. The van der Waals surface area contributed by atoms with E-state index in [0.29, 0.717) is 25.0 Å². The summed E-state index contributed by atoms with van der Waals surface area (Å²) < 4.78 is 5.59. The summed E-state index contributed by atoms with van der Waals surface area (Å²) in [6.07, 6.45) is 12.7. The highest BCUT2D eigenvalue weighted by molar-refractivity contribution is 5.77. The molecular weight excluding hydrogens is 278 g/mol. The van der Waals surface area contributed by atoms with Crippen molar-refractivity contribution in [3.63, 3.8) is 0 Å². The van der Waals surface area contributed by atoms with Crippen molar-refractivity contribution >= 4 is 5.91 Å². The lowest BCUT2D eigenvalue weighted by Gasteiger charge is -2.36. The third-order valence-corrected chi connectivity index (χ3v) is 4.84. The third-order valence-electron chi connectivity index (χ3n) is 4.84. The number of nitrogens with zero attached hydrogens (tertiary/aromatic N) is 3. The second-order valence-electron chi connectivity index (χ2n) is 6.41. The maximum absolute atomic E-state index is 12.6. The van der Waals surface area contributed by atoms with Crippen LogP contribution in [0.15, 0.2) is 18.6 Å². The first kappa shape index (κ1) is 15.4. The number of rotatable bonds is 5. The lowest BCUT2D eigenvalue weighted by atomic mass is 10.0. The molecule has 1 aliphatic heterocycles. The molecule has 2 aliphatic rings. The van der Waals surface area contributed by atoms with Gasteiger partial charge in [0.05, 0.1) is 24.9 Å². The standard InChI is InChI=1S/C17H25N3O2/c21-17(11-14-3-1-2-4-14)20-9-10-22-13-16(20)6-5-15-12-18-7-8-19-15/h7-8,12,14,16H,1-6,9-11,13H2/t16-/m1/s1. The van der Waals surface area contributed by atoms with Crippen LogP contribution in [0.5, 0.6) is 0 Å². The minimum Gasteiger partial charge on any atom is -0.377 e. The molecule has 1 aromatic rings. The summed E-state index contributed by atoms with van der Waals surface area (Å²) in [5.41, 5.74) is 0.983. The van der Waals surface area contributed by atoms with Gasteiger partial charge in [-0.1, -0.05) is 12.8 Å². The molecule has 5 nitrogen and oxygen atoms in total. The summed E-state index contributed by atoms with van der Waals surface area (Å²) in [5.74, 6) is 0.926. The number of hydrogen-bond acceptors (Lipinski definition) is 4. The molecule has 0 N–H and O–H groups in total. The normalized spacial score (nSPS) is 22.9. The van der Waals surface area contributed by atoms with E-state index in [9.17, 15) is 4.79 Å². The van der Waals surface area contributed by atoms with Crippen LogP contribution in [-0.2, 0) is 16.0 Å². The molecule has 0 radical (unpaired) electrons. The van der Waals surface area contributed by atoms with Gasteiger partial charge < -0.3 is 9.64 Å². The first-order valence-corrected chi connectivity index (χ1v) is 8.45. The molecular formula is C17H25N3O2. The van der Waals surface area contributed by atoms with E-state index in [4.69, 9.17) is 4.74 Å². The van der Waals surface area contributed by atoms with Crippen LogP contribution in [0.3, 0.4) is 0 Å². The lowest BCUT2D eigenvalue weighted by Crippen LogP contribution is -2.49. The van der Waals surface area contributed by atoms with Gasteiger partial charge in [0, 0.05) is 31.6 Å². The van der Waals surface area contributed by atoms with Gasteiger partial charge in [0.15, 0.2) is 0 Å². The van der Waals surface area contributed by atoms with E-state index in [2.05, 4.69) is 14.9 Å². The number of amides is 1. The molecule has 22 heavy (non-hydrogen) atoms. The van der Waals surface area contributed by atoms with Crippen LogP contribution in [0.1, 0.15) is 44.2 Å². The zero-order valence-electron chi connectivity index (χ0n) is 13.1. The summed E-state index contributed by atoms with van der Waals surface area (Å²) in [5, 5.41) is 0. The fraction of sp³-hybridized carbons (Fsp3) is 0.706. The van der Waals surface area contributed by atoms with Crippen LogP contribution < -0.4 is 0 Å². The smallest absolute Gasteiger partial charge is 0.223 e. The largest absolute Gasteiger partial charge is 0.377 e. The summed E-state index contributed by atoms with van der Waals surface area (Å²) in [7, 11) is 0. The molecule has 3 rings (SSSR count). The van der Waals surface area contributed by atoms with E-state index in [1.807, 2.05) is 0 Å². The molecule has 0 spiro atoms. The van der Waals surface area contributed by atoms with Crippen LogP contribution >= 0.6 is 0 Å². The van der Waals surface area contributed by atoms with E-state index in [1.54, 1.807) is 18.6 Å². The maximum Gasteiger partial charge on any atom is 0.223 e. The van der Waals surface area contributed by atoms with Gasteiger partial charge in [-0.2, -0.15) is 0 Å². The minimum absolute atomic E-state index is 0.185. The highest BCUT2D eigenvalue weighted by atomic mass is 16.5. The van der Waals surface area contributed by atoms with Gasteiger partial charge in [-0.25, -0.2) is 0 Å². The third kappa shape index (κ3) is 4.03. The molecule has 1 aliphatic carbocycles. The number of ether oxygens (including phenoxy) is 1. The van der Waals surface area contributed by atoms with Gasteiger partial charge >= 0.3 is 0 Å². The van der Waals surface area contributed by atoms with Gasteiger partial charge in [-0.3, -0.25) is 14.8 Å². The Hall–Kier alpha value is -1.49. The Balaban J connectivity index is 1.54. The fourth-order valence-corrected chi connectivity index (χ4v) is 3.57. The van der Waals surface area contributed by atoms with Gasteiger partial charge in [0.1, 0.15) is 0 Å². The van der Waals surface area contributed by atoms with E-state index >= 15 is 0 Å². The highest BCUT2D eigenvalue weighted by Gasteiger charge is 2.29. The van der Waals surface area contributed by atoms with Crippen LogP contribution in [0.25, 0.3) is 0 Å². The van der Waals surface area contributed by atoms with Crippen molar-refractivity contribution < 1.29 is 9.53 Å². The van der Waals surface area contributed by atoms with E-state index in [0.717, 1.165) is 31.5 Å². The Kier molecular flexibility index (Phi) is 5.38. The average molecular weight is 303 g/mol. The predicted molar refractivity (Wildman–Crippen MR) is 83.2 cm³/mol. The zero-order chi connectivity index (χ0) is 15.2. The molecule has 120 valence electrons. The van der Waals surface area contributed by atoms with Crippen LogP contribution in [-0.4, -0.2) is 46.6 Å². The molecule has 2 fully saturated rings. The molecule has 1 aromatic heterocycles. The highest BCUT2D eigenvalue weighted by Crippen LogP contribution is 2.28. The second kappa shape index (κ2) is 7.68. The van der Waals surface area contributed by atoms with Gasteiger partial charge in [0.25, 0.3) is 0 Å². The van der Waals surface area contributed by atoms with Crippen LogP contribution in [0, 0.1) is 5.92 Å². The van der Waals surface area contributed by atoms with E-state index < -0.39 is 0 Å². The summed E-state index contributed by atoms with van der Waals surface area (Å²) in [4.78, 5) is 23.1.